The van der Waals surface area contributed by atoms with E-state index in [1.165, 1.54) is 5.56 Å². The number of carbonyl (C=O) groups excluding carboxylic acids is 1. The second-order valence-corrected chi connectivity index (χ2v) is 9.62. The highest BCUT2D eigenvalue weighted by molar-refractivity contribution is 5.85. The molecule has 0 saturated carbocycles. The van der Waals surface area contributed by atoms with E-state index in [0.717, 1.165) is 36.4 Å². The van der Waals surface area contributed by atoms with E-state index in [0.29, 0.717) is 25.7 Å². The normalized spacial score (nSPS) is 17.3. The van der Waals surface area contributed by atoms with Crippen LogP contribution in [0.15, 0.2) is 48.5 Å². The quantitative estimate of drug-likeness (QED) is 0.394. The molecule has 0 spiro atoms. The summed E-state index contributed by atoms with van der Waals surface area (Å²) >= 11 is 0. The van der Waals surface area contributed by atoms with E-state index in [1.54, 1.807) is 0 Å². The van der Waals surface area contributed by atoms with Crippen molar-refractivity contribution in [1.82, 2.24) is 4.90 Å². The number of halogens is 1. The maximum absolute atomic E-state index is 12.6. The van der Waals surface area contributed by atoms with Gasteiger partial charge in [-0.2, -0.15) is 0 Å². The van der Waals surface area contributed by atoms with Gasteiger partial charge in [0.2, 0.25) is 0 Å². The van der Waals surface area contributed by atoms with Crippen LogP contribution in [-0.4, -0.2) is 49.8 Å². The van der Waals surface area contributed by atoms with E-state index >= 15 is 0 Å². The molecule has 1 aliphatic rings. The molecule has 34 heavy (non-hydrogen) atoms. The van der Waals surface area contributed by atoms with Crippen molar-refractivity contribution in [2.24, 2.45) is 5.92 Å². The van der Waals surface area contributed by atoms with E-state index in [1.807, 2.05) is 45.0 Å². The van der Waals surface area contributed by atoms with Gasteiger partial charge in [0.1, 0.15) is 12.4 Å². The van der Waals surface area contributed by atoms with Crippen LogP contribution in [0, 0.1) is 5.92 Å². The largest absolute Gasteiger partial charge is 0.491 e. The lowest BCUT2D eigenvalue weighted by Crippen LogP contribution is -2.40. The third kappa shape index (κ3) is 8.61. The Morgan fingerprint density at radius 2 is 1.71 bits per heavy atom. The molecule has 1 saturated heterocycles. The molecule has 0 aromatic heterocycles. The van der Waals surface area contributed by atoms with Crippen molar-refractivity contribution in [3.8, 4) is 5.75 Å². The number of ether oxygens (including phenoxy) is 3. The first kappa shape index (κ1) is 28.2. The monoisotopic (exact) mass is 489 g/mol. The topological polar surface area (TPSA) is 48.0 Å². The van der Waals surface area contributed by atoms with Crippen LogP contribution in [0.3, 0.4) is 0 Å². The molecule has 2 aromatic rings. The molecule has 188 valence electrons. The molecule has 3 rings (SSSR count). The zero-order valence-electron chi connectivity index (χ0n) is 21.2. The summed E-state index contributed by atoms with van der Waals surface area (Å²) in [6.07, 6.45) is 1.23. The molecule has 0 N–H and O–H groups in total. The molecule has 5 nitrogen and oxygen atoms in total. The maximum Gasteiger partial charge on any atom is 0.313 e. The van der Waals surface area contributed by atoms with Gasteiger partial charge in [-0.1, -0.05) is 50.2 Å². The number of benzene rings is 2. The van der Waals surface area contributed by atoms with Crippen LogP contribution < -0.4 is 4.74 Å². The average molecular weight is 490 g/mol. The fraction of sp³-hybridized carbons (Fsp3) is 0.536. The summed E-state index contributed by atoms with van der Waals surface area (Å²) < 4.78 is 17.3. The Balaban J connectivity index is 0.00000408. The highest BCUT2D eigenvalue weighted by Gasteiger charge is 2.23. The Kier molecular flexibility index (Phi) is 11.4. The summed E-state index contributed by atoms with van der Waals surface area (Å²) in [6.45, 7) is 13.8. The van der Waals surface area contributed by atoms with Crippen molar-refractivity contribution in [1.29, 1.82) is 0 Å². The van der Waals surface area contributed by atoms with Crippen molar-refractivity contribution < 1.29 is 19.0 Å². The Hall–Kier alpha value is -2.08. The number of hydrogen-bond donors (Lipinski definition) is 0. The smallest absolute Gasteiger partial charge is 0.313 e. The number of morpholine rings is 1. The Bertz CT molecular complexity index is 867. The molecule has 0 aliphatic carbocycles. The van der Waals surface area contributed by atoms with Gasteiger partial charge in [0.25, 0.3) is 0 Å². The van der Waals surface area contributed by atoms with E-state index in [4.69, 9.17) is 14.2 Å². The van der Waals surface area contributed by atoms with Gasteiger partial charge in [0, 0.05) is 19.6 Å². The first-order valence-corrected chi connectivity index (χ1v) is 12.2. The summed E-state index contributed by atoms with van der Waals surface area (Å²) in [5.74, 6) is 1.06. The van der Waals surface area contributed by atoms with Crippen LogP contribution in [0.25, 0.3) is 0 Å². The molecule has 0 radical (unpaired) electrons. The molecule has 1 heterocycles. The zero-order chi connectivity index (χ0) is 23.8. The Morgan fingerprint density at radius 1 is 1.03 bits per heavy atom. The molecule has 0 amide bonds. The number of hydrogen-bond acceptors (Lipinski definition) is 5. The van der Waals surface area contributed by atoms with Crippen molar-refractivity contribution in [3.63, 3.8) is 0 Å². The van der Waals surface area contributed by atoms with E-state index in [-0.39, 0.29) is 36.5 Å². The second kappa shape index (κ2) is 13.7. The first-order chi connectivity index (χ1) is 15.8. The minimum Gasteiger partial charge on any atom is -0.491 e. The molecule has 1 aliphatic heterocycles. The SMILES string of the molecule is CC(C)Cc1ccc(C(C)C(=O)OCCN2CCOC(c3ccc(OC(C)C)cc3)C2)cc1.Cl. The summed E-state index contributed by atoms with van der Waals surface area (Å²) in [7, 11) is 0. The fourth-order valence-electron chi connectivity index (χ4n) is 4.09. The van der Waals surface area contributed by atoms with Gasteiger partial charge < -0.3 is 14.2 Å². The fourth-order valence-corrected chi connectivity index (χ4v) is 4.09. The standard InChI is InChI=1S/C28H39NO4.ClH/c1-20(2)18-23-6-8-24(9-7-23)22(5)28(30)32-17-15-29-14-16-31-27(19-29)25-10-12-26(13-11-25)33-21(3)4;/h6-13,20-22,27H,14-19H2,1-5H3;1H. The third-order valence-electron chi connectivity index (χ3n) is 5.90. The summed E-state index contributed by atoms with van der Waals surface area (Å²) in [4.78, 5) is 14.9. The van der Waals surface area contributed by atoms with Crippen molar-refractivity contribution >= 4 is 18.4 Å². The van der Waals surface area contributed by atoms with Gasteiger partial charge in [0.15, 0.2) is 0 Å². The zero-order valence-corrected chi connectivity index (χ0v) is 22.0. The third-order valence-corrected chi connectivity index (χ3v) is 5.90. The molecule has 2 unspecified atom stereocenters. The Labute approximate surface area is 211 Å². The Morgan fingerprint density at radius 3 is 2.32 bits per heavy atom. The molecule has 0 bridgehead atoms. The highest BCUT2D eigenvalue weighted by atomic mass is 35.5. The lowest BCUT2D eigenvalue weighted by Gasteiger charge is -2.33. The van der Waals surface area contributed by atoms with Crippen molar-refractivity contribution in [2.45, 2.75) is 59.2 Å². The lowest BCUT2D eigenvalue weighted by molar-refractivity contribution is -0.146. The van der Waals surface area contributed by atoms with Gasteiger partial charge in [-0.15, -0.1) is 12.4 Å². The summed E-state index contributed by atoms with van der Waals surface area (Å²) in [5, 5.41) is 0. The summed E-state index contributed by atoms with van der Waals surface area (Å²) in [6, 6.07) is 16.5. The average Bonchev–Trinajstić information content (AvgIpc) is 2.79. The molecule has 6 heteroatoms. The van der Waals surface area contributed by atoms with Crippen LogP contribution in [0.2, 0.25) is 0 Å². The molecule has 1 fully saturated rings. The predicted octanol–water partition coefficient (Wildman–Crippen LogP) is 5.81. The van der Waals surface area contributed by atoms with Gasteiger partial charge in [-0.3, -0.25) is 9.69 Å². The molecular weight excluding hydrogens is 450 g/mol. The molecule has 2 atom stereocenters. The van der Waals surface area contributed by atoms with E-state index < -0.39 is 0 Å². The van der Waals surface area contributed by atoms with E-state index in [9.17, 15) is 4.79 Å². The summed E-state index contributed by atoms with van der Waals surface area (Å²) in [5.41, 5.74) is 3.45. The van der Waals surface area contributed by atoms with Crippen molar-refractivity contribution in [2.75, 3.05) is 32.8 Å². The van der Waals surface area contributed by atoms with Crippen LogP contribution in [-0.2, 0) is 20.7 Å². The van der Waals surface area contributed by atoms with Crippen LogP contribution in [0.5, 0.6) is 5.75 Å². The van der Waals surface area contributed by atoms with Gasteiger partial charge in [-0.05, 0) is 61.9 Å². The first-order valence-electron chi connectivity index (χ1n) is 12.2. The second-order valence-electron chi connectivity index (χ2n) is 9.62. The van der Waals surface area contributed by atoms with Gasteiger partial charge in [-0.25, -0.2) is 0 Å². The van der Waals surface area contributed by atoms with Gasteiger partial charge >= 0.3 is 5.97 Å². The van der Waals surface area contributed by atoms with Crippen LogP contribution >= 0.6 is 12.4 Å². The number of esters is 1. The number of rotatable bonds is 10. The highest BCUT2D eigenvalue weighted by Crippen LogP contribution is 2.25. The van der Waals surface area contributed by atoms with Crippen LogP contribution in [0.4, 0.5) is 0 Å². The lowest BCUT2D eigenvalue weighted by atomic mass is 9.97. The molecule has 2 aromatic carbocycles. The van der Waals surface area contributed by atoms with Crippen LogP contribution in [0.1, 0.15) is 63.3 Å². The number of nitrogens with zero attached hydrogens (tertiary/aromatic N) is 1. The van der Waals surface area contributed by atoms with Gasteiger partial charge in [0.05, 0.1) is 24.7 Å². The molecular formula is C28H40ClNO4. The minimum atomic E-state index is -0.262. The predicted molar refractivity (Wildman–Crippen MR) is 139 cm³/mol. The minimum absolute atomic E-state index is 0. The van der Waals surface area contributed by atoms with E-state index in [2.05, 4.69) is 43.0 Å². The van der Waals surface area contributed by atoms with Crippen molar-refractivity contribution in [3.05, 3.63) is 65.2 Å². The maximum atomic E-state index is 12.6. The number of carbonyl (C=O) groups is 1.